The van der Waals surface area contributed by atoms with Crippen LogP contribution in [0.15, 0.2) is 9.90 Å². The zero-order valence-electron chi connectivity index (χ0n) is 9.52. The normalized spacial score (nSPS) is 10.7. The maximum absolute atomic E-state index is 5.92. The van der Waals surface area contributed by atoms with Crippen molar-refractivity contribution in [2.75, 3.05) is 24.2 Å². The number of nitrogens with two attached hydrogens (primary N) is 1. The molecule has 0 aliphatic rings. The second kappa shape index (κ2) is 4.13. The van der Waals surface area contributed by atoms with Crippen LogP contribution in [0.2, 0.25) is 0 Å². The lowest BCUT2D eigenvalue weighted by Crippen LogP contribution is -2.16. The Labute approximate surface area is 97.9 Å². The fraction of sp³-hybridized carbons (Fsp3) is 0.400. The summed E-state index contributed by atoms with van der Waals surface area (Å²) in [6.45, 7) is 4.82. The van der Waals surface area contributed by atoms with Crippen LogP contribution in [0.5, 0.6) is 0 Å². The monoisotopic (exact) mass is 238 g/mol. The predicted molar refractivity (Wildman–Crippen MR) is 65.7 cm³/mol. The molecule has 0 aliphatic carbocycles. The number of rotatable bonds is 3. The van der Waals surface area contributed by atoms with Gasteiger partial charge in [-0.2, -0.15) is 4.98 Å². The van der Waals surface area contributed by atoms with E-state index in [9.17, 15) is 0 Å². The van der Waals surface area contributed by atoms with Gasteiger partial charge >= 0.3 is 0 Å². The van der Waals surface area contributed by atoms with Gasteiger partial charge in [-0.05, 0) is 29.9 Å². The van der Waals surface area contributed by atoms with E-state index in [1.165, 1.54) is 11.3 Å². The number of nitrogens with zero attached hydrogens (tertiary/aromatic N) is 3. The molecule has 2 aromatic rings. The summed E-state index contributed by atoms with van der Waals surface area (Å²) in [4.78, 5) is 7.06. The highest BCUT2D eigenvalue weighted by atomic mass is 32.1. The molecule has 0 aliphatic heterocycles. The topological polar surface area (TPSA) is 68.2 Å². The molecule has 0 spiro atoms. The first-order chi connectivity index (χ1) is 7.63. The Morgan fingerprint density at radius 3 is 2.88 bits per heavy atom. The summed E-state index contributed by atoms with van der Waals surface area (Å²) in [5.41, 5.74) is 7.69. The molecule has 5 nitrogen and oxygen atoms in total. The van der Waals surface area contributed by atoms with Crippen LogP contribution in [-0.2, 0) is 0 Å². The van der Waals surface area contributed by atoms with E-state index in [-0.39, 0.29) is 0 Å². The summed E-state index contributed by atoms with van der Waals surface area (Å²) in [6, 6.07) is 0. The molecule has 0 atom stereocenters. The van der Waals surface area contributed by atoms with E-state index in [0.717, 1.165) is 22.7 Å². The molecular weight excluding hydrogens is 224 g/mol. The minimum Gasteiger partial charge on any atom is -0.397 e. The van der Waals surface area contributed by atoms with Crippen molar-refractivity contribution < 1.29 is 4.52 Å². The maximum Gasteiger partial charge on any atom is 0.271 e. The first-order valence-electron chi connectivity index (χ1n) is 5.02. The molecule has 0 amide bonds. The summed E-state index contributed by atoms with van der Waals surface area (Å²) < 4.78 is 5.20. The molecule has 6 heteroatoms. The van der Waals surface area contributed by atoms with Crippen molar-refractivity contribution in [3.8, 4) is 10.8 Å². The largest absolute Gasteiger partial charge is 0.397 e. The Morgan fingerprint density at radius 2 is 2.31 bits per heavy atom. The van der Waals surface area contributed by atoms with Gasteiger partial charge in [0.25, 0.3) is 11.8 Å². The predicted octanol–water partition coefficient (Wildman–Crippen LogP) is 2.14. The van der Waals surface area contributed by atoms with Crippen molar-refractivity contribution >= 4 is 23.0 Å². The summed E-state index contributed by atoms with van der Waals surface area (Å²) in [7, 11) is 1.91. The van der Waals surface area contributed by atoms with E-state index in [1.807, 2.05) is 31.2 Å². The minimum atomic E-state index is 0.492. The van der Waals surface area contributed by atoms with Crippen LogP contribution >= 0.6 is 11.3 Å². The van der Waals surface area contributed by atoms with Gasteiger partial charge < -0.3 is 15.2 Å². The Morgan fingerprint density at radius 1 is 1.56 bits per heavy atom. The third-order valence-corrected chi connectivity index (χ3v) is 3.55. The van der Waals surface area contributed by atoms with Gasteiger partial charge in [-0.15, -0.1) is 11.3 Å². The lowest BCUT2D eigenvalue weighted by Gasteiger charge is -2.08. The number of anilines is 2. The van der Waals surface area contributed by atoms with Gasteiger partial charge in [0.15, 0.2) is 0 Å². The molecule has 86 valence electrons. The van der Waals surface area contributed by atoms with Crippen molar-refractivity contribution in [1.29, 1.82) is 0 Å². The number of hydrogen-bond donors (Lipinski definition) is 1. The van der Waals surface area contributed by atoms with Crippen LogP contribution in [0.1, 0.15) is 12.5 Å². The molecule has 0 radical (unpaired) electrons. The highest BCUT2D eigenvalue weighted by molar-refractivity contribution is 7.14. The Bertz CT molecular complexity index is 491. The molecule has 0 unspecified atom stereocenters. The zero-order chi connectivity index (χ0) is 11.7. The van der Waals surface area contributed by atoms with Crippen molar-refractivity contribution in [3.63, 3.8) is 0 Å². The summed E-state index contributed by atoms with van der Waals surface area (Å²) in [5.74, 6) is 1.08. The Kier molecular flexibility index (Phi) is 2.82. The van der Waals surface area contributed by atoms with Crippen LogP contribution in [0.4, 0.5) is 11.6 Å². The Hall–Kier alpha value is -1.56. The van der Waals surface area contributed by atoms with Crippen LogP contribution in [0.25, 0.3) is 10.8 Å². The molecule has 0 bridgehead atoms. The average Bonchev–Trinajstić information content (AvgIpc) is 2.87. The lowest BCUT2D eigenvalue weighted by atomic mass is 10.3. The smallest absolute Gasteiger partial charge is 0.271 e. The molecule has 0 saturated heterocycles. The molecule has 2 heterocycles. The molecule has 0 aromatic carbocycles. The third-order valence-electron chi connectivity index (χ3n) is 2.45. The highest BCUT2D eigenvalue weighted by Gasteiger charge is 2.16. The van der Waals surface area contributed by atoms with E-state index in [4.69, 9.17) is 10.3 Å². The quantitative estimate of drug-likeness (QED) is 0.887. The van der Waals surface area contributed by atoms with Crippen molar-refractivity contribution in [2.45, 2.75) is 13.8 Å². The van der Waals surface area contributed by atoms with Gasteiger partial charge in [0.05, 0.1) is 5.69 Å². The SMILES string of the molecule is CCN(C)c1noc(-c2scc(C)c2N)n1. The fourth-order valence-corrected chi connectivity index (χ4v) is 2.12. The van der Waals surface area contributed by atoms with E-state index in [1.54, 1.807) is 0 Å². The maximum atomic E-state index is 5.92. The fourth-order valence-electron chi connectivity index (χ4n) is 1.22. The number of aryl methyl sites for hydroxylation is 1. The van der Waals surface area contributed by atoms with Crippen molar-refractivity contribution in [3.05, 3.63) is 10.9 Å². The van der Waals surface area contributed by atoms with E-state index >= 15 is 0 Å². The third kappa shape index (κ3) is 1.76. The molecular formula is C10H14N4OS. The number of hydrogen-bond acceptors (Lipinski definition) is 6. The van der Waals surface area contributed by atoms with Crippen molar-refractivity contribution in [1.82, 2.24) is 10.1 Å². The van der Waals surface area contributed by atoms with E-state index < -0.39 is 0 Å². The first-order valence-corrected chi connectivity index (χ1v) is 5.90. The van der Waals surface area contributed by atoms with Gasteiger partial charge in [0.2, 0.25) is 0 Å². The first kappa shape index (κ1) is 10.9. The molecule has 2 N–H and O–H groups in total. The average molecular weight is 238 g/mol. The minimum absolute atomic E-state index is 0.492. The van der Waals surface area contributed by atoms with E-state index in [2.05, 4.69) is 10.1 Å². The van der Waals surface area contributed by atoms with Crippen LogP contribution in [0.3, 0.4) is 0 Å². The van der Waals surface area contributed by atoms with Crippen LogP contribution in [0, 0.1) is 6.92 Å². The van der Waals surface area contributed by atoms with Gasteiger partial charge in [-0.25, -0.2) is 0 Å². The number of aromatic nitrogens is 2. The second-order valence-electron chi connectivity index (χ2n) is 3.58. The van der Waals surface area contributed by atoms with E-state index in [0.29, 0.717) is 11.8 Å². The number of thiophene rings is 1. The summed E-state index contributed by atoms with van der Waals surface area (Å²) in [6.07, 6.45) is 0. The molecule has 2 rings (SSSR count). The molecule has 16 heavy (non-hydrogen) atoms. The summed E-state index contributed by atoms with van der Waals surface area (Å²) >= 11 is 1.52. The van der Waals surface area contributed by atoms with Crippen LogP contribution in [-0.4, -0.2) is 23.7 Å². The highest BCUT2D eigenvalue weighted by Crippen LogP contribution is 2.34. The standard InChI is InChI=1S/C10H14N4OS/c1-4-14(3)10-12-9(15-13-10)8-7(11)6(2)5-16-8/h5H,4,11H2,1-3H3. The van der Waals surface area contributed by atoms with Gasteiger partial charge in [0, 0.05) is 13.6 Å². The second-order valence-corrected chi connectivity index (χ2v) is 4.45. The molecule has 0 saturated carbocycles. The summed E-state index contributed by atoms with van der Waals surface area (Å²) in [5, 5.41) is 5.89. The number of nitrogen functional groups attached to an aromatic ring is 1. The molecule has 2 aromatic heterocycles. The van der Waals surface area contributed by atoms with Crippen molar-refractivity contribution in [2.24, 2.45) is 0 Å². The molecule has 0 fully saturated rings. The van der Waals surface area contributed by atoms with Gasteiger partial charge in [-0.3, -0.25) is 0 Å². The Balaban J connectivity index is 2.35. The zero-order valence-corrected chi connectivity index (χ0v) is 10.3. The lowest BCUT2D eigenvalue weighted by molar-refractivity contribution is 0.431. The van der Waals surface area contributed by atoms with Gasteiger partial charge in [0.1, 0.15) is 4.88 Å². The van der Waals surface area contributed by atoms with Gasteiger partial charge in [-0.1, -0.05) is 0 Å². The van der Waals surface area contributed by atoms with Crippen LogP contribution < -0.4 is 10.6 Å².